The molecule has 0 amide bonds. The third-order valence-corrected chi connectivity index (χ3v) is 4.18. The Hall–Kier alpha value is -0.380. The van der Waals surface area contributed by atoms with Crippen LogP contribution in [-0.4, -0.2) is 24.1 Å². The SMILES string of the molecule is CCN1CCCCC(Cc2ccccc2Br)N1. The first-order valence-electron chi connectivity index (χ1n) is 6.54. The van der Waals surface area contributed by atoms with Gasteiger partial charge in [-0.05, 0) is 30.9 Å². The first kappa shape index (κ1) is 13.1. The second kappa shape index (κ2) is 6.53. The Labute approximate surface area is 112 Å². The van der Waals surface area contributed by atoms with E-state index in [2.05, 4.69) is 57.6 Å². The Kier molecular flexibility index (Phi) is 5.01. The molecule has 2 nitrogen and oxygen atoms in total. The van der Waals surface area contributed by atoms with Gasteiger partial charge in [-0.1, -0.05) is 47.5 Å². The summed E-state index contributed by atoms with van der Waals surface area (Å²) < 4.78 is 1.23. The molecule has 1 N–H and O–H groups in total. The fourth-order valence-electron chi connectivity index (χ4n) is 2.41. The van der Waals surface area contributed by atoms with E-state index in [0.29, 0.717) is 6.04 Å². The zero-order valence-electron chi connectivity index (χ0n) is 10.5. The third kappa shape index (κ3) is 3.80. The molecule has 0 bridgehead atoms. The van der Waals surface area contributed by atoms with Crippen molar-refractivity contribution in [3.8, 4) is 0 Å². The molecule has 1 atom stereocenters. The van der Waals surface area contributed by atoms with Crippen LogP contribution in [-0.2, 0) is 6.42 Å². The summed E-state index contributed by atoms with van der Waals surface area (Å²) in [4.78, 5) is 0. The number of hydrogen-bond acceptors (Lipinski definition) is 2. The maximum Gasteiger partial charge on any atom is 0.0256 e. The molecule has 1 fully saturated rings. The first-order chi connectivity index (χ1) is 8.29. The Balaban J connectivity index is 2.00. The standard InChI is InChI=1S/C14H21BrN2/c1-2-17-10-6-5-8-13(16-17)11-12-7-3-4-9-14(12)15/h3-4,7,9,13,16H,2,5-6,8,10-11H2,1H3. The second-order valence-electron chi connectivity index (χ2n) is 4.70. The topological polar surface area (TPSA) is 15.3 Å². The molecule has 0 saturated carbocycles. The number of hydrazine groups is 1. The van der Waals surface area contributed by atoms with Crippen molar-refractivity contribution in [1.29, 1.82) is 0 Å². The smallest absolute Gasteiger partial charge is 0.0256 e. The van der Waals surface area contributed by atoms with Gasteiger partial charge in [0.1, 0.15) is 0 Å². The lowest BCUT2D eigenvalue weighted by molar-refractivity contribution is 0.180. The van der Waals surface area contributed by atoms with E-state index in [1.54, 1.807) is 0 Å². The second-order valence-corrected chi connectivity index (χ2v) is 5.55. The van der Waals surface area contributed by atoms with Crippen LogP contribution < -0.4 is 5.43 Å². The van der Waals surface area contributed by atoms with E-state index in [9.17, 15) is 0 Å². The van der Waals surface area contributed by atoms with E-state index >= 15 is 0 Å². The molecule has 17 heavy (non-hydrogen) atoms. The number of hydrogen-bond donors (Lipinski definition) is 1. The van der Waals surface area contributed by atoms with Crippen molar-refractivity contribution in [2.75, 3.05) is 13.1 Å². The molecule has 0 aliphatic carbocycles. The van der Waals surface area contributed by atoms with Gasteiger partial charge in [0.05, 0.1) is 0 Å². The number of benzene rings is 1. The van der Waals surface area contributed by atoms with Crippen molar-refractivity contribution >= 4 is 15.9 Å². The van der Waals surface area contributed by atoms with E-state index in [1.165, 1.54) is 35.8 Å². The van der Waals surface area contributed by atoms with Crippen LogP contribution in [0.25, 0.3) is 0 Å². The maximum atomic E-state index is 3.65. The molecule has 0 aromatic heterocycles. The Bertz CT molecular complexity index is 354. The molecular weight excluding hydrogens is 276 g/mol. The predicted molar refractivity (Wildman–Crippen MR) is 75.9 cm³/mol. The minimum absolute atomic E-state index is 0.580. The van der Waals surface area contributed by atoms with Gasteiger partial charge in [-0.15, -0.1) is 0 Å². The van der Waals surface area contributed by atoms with Crippen LogP contribution in [0, 0.1) is 0 Å². The van der Waals surface area contributed by atoms with Crippen molar-refractivity contribution < 1.29 is 0 Å². The largest absolute Gasteiger partial charge is 0.252 e. The summed E-state index contributed by atoms with van der Waals surface area (Å²) in [6, 6.07) is 9.12. The minimum Gasteiger partial charge on any atom is -0.252 e. The van der Waals surface area contributed by atoms with Gasteiger partial charge in [0.15, 0.2) is 0 Å². The van der Waals surface area contributed by atoms with E-state index in [4.69, 9.17) is 0 Å². The van der Waals surface area contributed by atoms with Crippen LogP contribution in [0.1, 0.15) is 31.7 Å². The zero-order valence-corrected chi connectivity index (χ0v) is 12.0. The van der Waals surface area contributed by atoms with Crippen LogP contribution in [0.2, 0.25) is 0 Å². The normalized spacial score (nSPS) is 22.4. The summed E-state index contributed by atoms with van der Waals surface area (Å²) in [7, 11) is 0. The molecular formula is C14H21BrN2. The van der Waals surface area contributed by atoms with Gasteiger partial charge >= 0.3 is 0 Å². The zero-order chi connectivity index (χ0) is 12.1. The molecule has 0 radical (unpaired) electrons. The van der Waals surface area contributed by atoms with Gasteiger partial charge in [0.25, 0.3) is 0 Å². The summed E-state index contributed by atoms with van der Waals surface area (Å²) in [6.45, 7) is 4.49. The van der Waals surface area contributed by atoms with Crippen LogP contribution in [0.4, 0.5) is 0 Å². The third-order valence-electron chi connectivity index (χ3n) is 3.40. The molecule has 1 aliphatic rings. The van der Waals surface area contributed by atoms with Gasteiger partial charge in [-0.2, -0.15) is 0 Å². The molecule has 1 saturated heterocycles. The van der Waals surface area contributed by atoms with E-state index in [1.807, 2.05) is 0 Å². The molecule has 1 heterocycles. The molecule has 3 heteroatoms. The summed E-state index contributed by atoms with van der Waals surface area (Å²) in [5, 5.41) is 2.36. The highest BCUT2D eigenvalue weighted by Gasteiger charge is 2.17. The minimum atomic E-state index is 0.580. The van der Waals surface area contributed by atoms with Gasteiger partial charge in [-0.25, -0.2) is 5.01 Å². The average Bonchev–Trinajstić information content (AvgIpc) is 2.57. The fraction of sp³-hybridized carbons (Fsp3) is 0.571. The first-order valence-corrected chi connectivity index (χ1v) is 7.33. The lowest BCUT2D eigenvalue weighted by Crippen LogP contribution is -2.44. The van der Waals surface area contributed by atoms with E-state index < -0.39 is 0 Å². The van der Waals surface area contributed by atoms with E-state index in [-0.39, 0.29) is 0 Å². The van der Waals surface area contributed by atoms with Crippen LogP contribution in [0.3, 0.4) is 0 Å². The fourth-order valence-corrected chi connectivity index (χ4v) is 2.85. The van der Waals surface area contributed by atoms with Gasteiger partial charge < -0.3 is 0 Å². The molecule has 2 rings (SSSR count). The summed E-state index contributed by atoms with van der Waals surface area (Å²) in [6.07, 6.45) is 5.03. The summed E-state index contributed by atoms with van der Waals surface area (Å²) >= 11 is 3.63. The molecule has 1 aromatic carbocycles. The molecule has 0 spiro atoms. The highest BCUT2D eigenvalue weighted by Crippen LogP contribution is 2.20. The molecule has 1 aliphatic heterocycles. The van der Waals surface area contributed by atoms with Crippen molar-refractivity contribution in [2.45, 2.75) is 38.6 Å². The molecule has 94 valence electrons. The van der Waals surface area contributed by atoms with Crippen molar-refractivity contribution in [2.24, 2.45) is 0 Å². The number of rotatable bonds is 3. The average molecular weight is 297 g/mol. The van der Waals surface area contributed by atoms with Gasteiger partial charge in [0, 0.05) is 23.6 Å². The number of halogens is 1. The summed E-state index contributed by atoms with van der Waals surface area (Å²) in [5.74, 6) is 0. The van der Waals surface area contributed by atoms with E-state index in [0.717, 1.165) is 13.0 Å². The number of nitrogens with zero attached hydrogens (tertiary/aromatic N) is 1. The summed E-state index contributed by atoms with van der Waals surface area (Å²) in [5.41, 5.74) is 5.06. The molecule has 1 unspecified atom stereocenters. The van der Waals surface area contributed by atoms with Crippen LogP contribution in [0.15, 0.2) is 28.7 Å². The lowest BCUT2D eigenvalue weighted by Gasteiger charge is -2.25. The maximum absolute atomic E-state index is 3.65. The lowest BCUT2D eigenvalue weighted by atomic mass is 10.0. The van der Waals surface area contributed by atoms with Crippen molar-refractivity contribution in [3.05, 3.63) is 34.3 Å². The Morgan fingerprint density at radius 1 is 1.35 bits per heavy atom. The van der Waals surface area contributed by atoms with Crippen LogP contribution in [0.5, 0.6) is 0 Å². The highest BCUT2D eigenvalue weighted by molar-refractivity contribution is 9.10. The highest BCUT2D eigenvalue weighted by atomic mass is 79.9. The number of nitrogens with one attached hydrogen (secondary N) is 1. The monoisotopic (exact) mass is 296 g/mol. The Morgan fingerprint density at radius 3 is 2.94 bits per heavy atom. The Morgan fingerprint density at radius 2 is 2.18 bits per heavy atom. The van der Waals surface area contributed by atoms with Gasteiger partial charge in [0.2, 0.25) is 0 Å². The van der Waals surface area contributed by atoms with Gasteiger partial charge in [-0.3, -0.25) is 5.43 Å². The van der Waals surface area contributed by atoms with Crippen molar-refractivity contribution in [1.82, 2.24) is 10.4 Å². The molecule has 1 aromatic rings. The van der Waals surface area contributed by atoms with Crippen LogP contribution >= 0.6 is 15.9 Å². The predicted octanol–water partition coefficient (Wildman–Crippen LogP) is 3.37. The van der Waals surface area contributed by atoms with Crippen molar-refractivity contribution in [3.63, 3.8) is 0 Å². The quantitative estimate of drug-likeness (QED) is 0.920.